The number of carboxylic acid groups (broad SMARTS) is 1. The van der Waals surface area contributed by atoms with E-state index in [1.807, 2.05) is 0 Å². The third-order valence-corrected chi connectivity index (χ3v) is 3.10. The number of aryl methyl sites for hydroxylation is 1. The Morgan fingerprint density at radius 2 is 1.85 bits per heavy atom. The largest absolute Gasteiger partial charge is 0.477 e. The van der Waals surface area contributed by atoms with Gasteiger partial charge in [-0.1, -0.05) is 0 Å². The van der Waals surface area contributed by atoms with Crippen LogP contribution < -0.4 is 5.56 Å². The maximum Gasteiger partial charge on any atom is 0.341 e. The molecule has 1 aromatic heterocycles. The molecule has 0 aliphatic heterocycles. The monoisotopic (exact) mass is 279 g/mol. The summed E-state index contributed by atoms with van der Waals surface area (Å²) in [7, 11) is 1.41. The van der Waals surface area contributed by atoms with Crippen LogP contribution in [0.15, 0.2) is 29.1 Å². The summed E-state index contributed by atoms with van der Waals surface area (Å²) >= 11 is 0. The minimum absolute atomic E-state index is 0.130. The molecule has 0 aliphatic rings. The van der Waals surface area contributed by atoms with E-state index >= 15 is 0 Å². The van der Waals surface area contributed by atoms with Crippen LogP contribution in [0.5, 0.6) is 0 Å². The van der Waals surface area contributed by atoms with Crippen LogP contribution in [0.1, 0.15) is 16.1 Å². The van der Waals surface area contributed by atoms with Crippen LogP contribution in [-0.2, 0) is 7.05 Å². The Labute approximate surface area is 112 Å². The van der Waals surface area contributed by atoms with Crippen molar-refractivity contribution in [1.82, 2.24) is 4.57 Å². The minimum Gasteiger partial charge on any atom is -0.477 e. The highest BCUT2D eigenvalue weighted by Gasteiger charge is 2.21. The van der Waals surface area contributed by atoms with Crippen LogP contribution in [0, 0.1) is 18.6 Å². The maximum atomic E-state index is 13.8. The third kappa shape index (κ3) is 2.20. The van der Waals surface area contributed by atoms with Gasteiger partial charge >= 0.3 is 5.97 Å². The molecule has 6 heteroatoms. The predicted molar refractivity (Wildman–Crippen MR) is 68.7 cm³/mol. The van der Waals surface area contributed by atoms with Crippen molar-refractivity contribution in [2.75, 3.05) is 0 Å². The molecule has 0 radical (unpaired) electrons. The molecule has 20 heavy (non-hydrogen) atoms. The summed E-state index contributed by atoms with van der Waals surface area (Å²) in [5.74, 6) is -2.98. The average Bonchev–Trinajstić information content (AvgIpc) is 2.38. The molecule has 1 aromatic carbocycles. The van der Waals surface area contributed by atoms with Crippen molar-refractivity contribution in [3.8, 4) is 11.1 Å². The molecule has 0 spiro atoms. The van der Waals surface area contributed by atoms with Gasteiger partial charge in [-0.3, -0.25) is 4.79 Å². The quantitative estimate of drug-likeness (QED) is 0.917. The summed E-state index contributed by atoms with van der Waals surface area (Å²) in [5.41, 5.74) is -1.28. The van der Waals surface area contributed by atoms with Crippen molar-refractivity contribution in [2.45, 2.75) is 6.92 Å². The Morgan fingerprint density at radius 1 is 1.20 bits per heavy atom. The van der Waals surface area contributed by atoms with E-state index in [1.165, 1.54) is 13.1 Å². The van der Waals surface area contributed by atoms with E-state index < -0.39 is 28.7 Å². The topological polar surface area (TPSA) is 59.3 Å². The number of hydrogen-bond acceptors (Lipinski definition) is 2. The van der Waals surface area contributed by atoms with Crippen LogP contribution in [-0.4, -0.2) is 15.6 Å². The molecule has 0 amide bonds. The molecule has 0 unspecified atom stereocenters. The summed E-state index contributed by atoms with van der Waals surface area (Å²) in [4.78, 5) is 23.2. The van der Waals surface area contributed by atoms with Gasteiger partial charge in [-0.15, -0.1) is 0 Å². The van der Waals surface area contributed by atoms with Crippen LogP contribution in [0.2, 0.25) is 0 Å². The number of rotatable bonds is 2. The highest BCUT2D eigenvalue weighted by Crippen LogP contribution is 2.26. The number of aromatic nitrogens is 1. The number of carboxylic acids is 1. The van der Waals surface area contributed by atoms with Crippen LogP contribution in [0.3, 0.4) is 0 Å². The van der Waals surface area contributed by atoms with E-state index in [0.717, 1.165) is 22.8 Å². The smallest absolute Gasteiger partial charge is 0.341 e. The number of hydrogen-bond donors (Lipinski definition) is 1. The highest BCUT2D eigenvalue weighted by molar-refractivity contribution is 5.95. The van der Waals surface area contributed by atoms with Crippen molar-refractivity contribution < 1.29 is 18.7 Å². The number of carbonyl (C=O) groups is 1. The lowest BCUT2D eigenvalue weighted by Gasteiger charge is -2.11. The number of pyridine rings is 1. The van der Waals surface area contributed by atoms with Crippen LogP contribution in [0.4, 0.5) is 8.78 Å². The first kappa shape index (κ1) is 13.9. The van der Waals surface area contributed by atoms with Crippen molar-refractivity contribution in [2.24, 2.45) is 7.05 Å². The first-order valence-corrected chi connectivity index (χ1v) is 5.72. The summed E-state index contributed by atoms with van der Waals surface area (Å²) in [6, 6.07) is 4.04. The molecule has 0 fully saturated rings. The summed E-state index contributed by atoms with van der Waals surface area (Å²) in [5, 5.41) is 9.15. The first-order valence-electron chi connectivity index (χ1n) is 5.72. The van der Waals surface area contributed by atoms with Crippen molar-refractivity contribution in [3.63, 3.8) is 0 Å². The average molecular weight is 279 g/mol. The Kier molecular flexibility index (Phi) is 3.40. The van der Waals surface area contributed by atoms with Gasteiger partial charge in [0, 0.05) is 23.9 Å². The molecule has 0 saturated heterocycles. The molecule has 4 nitrogen and oxygen atoms in total. The van der Waals surface area contributed by atoms with E-state index in [0.29, 0.717) is 5.69 Å². The Morgan fingerprint density at radius 3 is 2.45 bits per heavy atom. The molecule has 0 aliphatic carbocycles. The van der Waals surface area contributed by atoms with Gasteiger partial charge in [-0.25, -0.2) is 13.6 Å². The second kappa shape index (κ2) is 4.88. The van der Waals surface area contributed by atoms with Crippen molar-refractivity contribution in [1.29, 1.82) is 0 Å². The molecule has 0 saturated carbocycles. The van der Waals surface area contributed by atoms with Gasteiger partial charge in [0.2, 0.25) is 0 Å². The predicted octanol–water partition coefficient (Wildman–Crippen LogP) is 2.34. The zero-order valence-corrected chi connectivity index (χ0v) is 10.8. The van der Waals surface area contributed by atoms with Gasteiger partial charge in [0.1, 0.15) is 17.2 Å². The van der Waals surface area contributed by atoms with E-state index in [-0.39, 0.29) is 11.1 Å². The molecule has 2 rings (SSSR count). The highest BCUT2D eigenvalue weighted by atomic mass is 19.1. The number of nitrogens with zero attached hydrogens (tertiary/aromatic N) is 1. The number of aromatic carboxylic acids is 1. The zero-order chi connectivity index (χ0) is 15.0. The fourth-order valence-corrected chi connectivity index (χ4v) is 1.94. The fourth-order valence-electron chi connectivity index (χ4n) is 1.94. The maximum absolute atomic E-state index is 13.8. The zero-order valence-electron chi connectivity index (χ0n) is 10.8. The minimum atomic E-state index is -1.48. The second-order valence-electron chi connectivity index (χ2n) is 4.37. The molecule has 2 aromatic rings. The first-order chi connectivity index (χ1) is 9.32. The van der Waals surface area contributed by atoms with Crippen LogP contribution >= 0.6 is 0 Å². The SMILES string of the molecule is Cc1cc(-c2cc(F)ccc2F)c(C(=O)O)c(=O)n1C. The summed E-state index contributed by atoms with van der Waals surface area (Å²) < 4.78 is 28.2. The van der Waals surface area contributed by atoms with Gasteiger partial charge in [0.15, 0.2) is 0 Å². The molecule has 0 atom stereocenters. The molecule has 1 N–H and O–H groups in total. The second-order valence-corrected chi connectivity index (χ2v) is 4.37. The summed E-state index contributed by atoms with van der Waals surface area (Å²) in [6.45, 7) is 1.58. The lowest BCUT2D eigenvalue weighted by atomic mass is 9.99. The van der Waals surface area contributed by atoms with Gasteiger partial charge in [0.25, 0.3) is 5.56 Å². The Balaban J connectivity index is 2.90. The standard InChI is InChI=1S/C14H11F2NO3/c1-7-5-10(9-6-8(15)3-4-11(9)16)12(14(19)20)13(18)17(7)2/h3-6H,1-2H3,(H,19,20). The van der Waals surface area contributed by atoms with Gasteiger partial charge < -0.3 is 9.67 Å². The van der Waals surface area contributed by atoms with E-state index in [4.69, 9.17) is 5.11 Å². The molecule has 1 heterocycles. The van der Waals surface area contributed by atoms with E-state index in [9.17, 15) is 18.4 Å². The van der Waals surface area contributed by atoms with Crippen molar-refractivity contribution >= 4 is 5.97 Å². The molecule has 104 valence electrons. The summed E-state index contributed by atoms with van der Waals surface area (Å²) in [6.07, 6.45) is 0. The van der Waals surface area contributed by atoms with Gasteiger partial charge in [-0.05, 0) is 31.2 Å². The van der Waals surface area contributed by atoms with Crippen LogP contribution in [0.25, 0.3) is 11.1 Å². The normalized spacial score (nSPS) is 10.6. The molecular formula is C14H11F2NO3. The van der Waals surface area contributed by atoms with Gasteiger partial charge in [0.05, 0.1) is 0 Å². The number of halogens is 2. The third-order valence-electron chi connectivity index (χ3n) is 3.10. The number of benzene rings is 1. The molecule has 0 bridgehead atoms. The Hall–Kier alpha value is -2.50. The Bertz CT molecular complexity index is 766. The van der Waals surface area contributed by atoms with Gasteiger partial charge in [-0.2, -0.15) is 0 Å². The molecular weight excluding hydrogens is 268 g/mol. The van der Waals surface area contributed by atoms with E-state index in [1.54, 1.807) is 6.92 Å². The lowest BCUT2D eigenvalue weighted by Crippen LogP contribution is -2.27. The van der Waals surface area contributed by atoms with E-state index in [2.05, 4.69) is 0 Å². The fraction of sp³-hybridized carbons (Fsp3) is 0.143. The van der Waals surface area contributed by atoms with Crippen molar-refractivity contribution in [3.05, 3.63) is 57.5 Å². The lowest BCUT2D eigenvalue weighted by molar-refractivity contribution is 0.0695.